The van der Waals surface area contributed by atoms with Crippen LogP contribution >= 0.6 is 15.9 Å². The maximum absolute atomic E-state index is 14.4. The highest BCUT2D eigenvalue weighted by atomic mass is 79.9. The summed E-state index contributed by atoms with van der Waals surface area (Å²) in [6.45, 7) is 5.27. The molecule has 1 unspecified atom stereocenters. The molecule has 0 aromatic heterocycles. The van der Waals surface area contributed by atoms with Crippen LogP contribution in [0.4, 0.5) is 5.69 Å². The van der Waals surface area contributed by atoms with Gasteiger partial charge in [0.05, 0.1) is 10.6 Å². The second-order valence-corrected chi connectivity index (χ2v) is 14.0. The Balaban J connectivity index is 1.79. The molecule has 0 saturated heterocycles. The number of carbonyl (C=O) groups excluding carboxylic acids is 2. The lowest BCUT2D eigenvalue weighted by Crippen LogP contribution is -2.56. The Morgan fingerprint density at radius 2 is 1.28 bits per heavy atom. The largest absolute Gasteiger partial charge is 0.350 e. The molecule has 9 heteroatoms. The summed E-state index contributed by atoms with van der Waals surface area (Å²) in [5.74, 6) is -0.821. The summed E-state index contributed by atoms with van der Waals surface area (Å²) >= 11 is 3.40. The highest BCUT2D eigenvalue weighted by molar-refractivity contribution is 9.10. The van der Waals surface area contributed by atoms with E-state index in [9.17, 15) is 18.0 Å². The highest BCUT2D eigenvalue weighted by Crippen LogP contribution is 2.26. The van der Waals surface area contributed by atoms with E-state index in [1.807, 2.05) is 81.4 Å². The van der Waals surface area contributed by atoms with E-state index in [1.165, 1.54) is 17.0 Å². The van der Waals surface area contributed by atoms with Crippen molar-refractivity contribution in [2.75, 3.05) is 10.8 Å². The van der Waals surface area contributed by atoms with Crippen molar-refractivity contribution in [2.45, 2.75) is 50.2 Å². The number of sulfonamides is 1. The van der Waals surface area contributed by atoms with E-state index in [0.29, 0.717) is 5.69 Å². The molecule has 0 spiro atoms. The fourth-order valence-electron chi connectivity index (χ4n) is 4.64. The molecule has 2 amide bonds. The lowest BCUT2D eigenvalue weighted by molar-refractivity contribution is -0.140. The first kappa shape index (κ1) is 32.0. The molecule has 0 saturated carbocycles. The average molecular weight is 663 g/mol. The smallest absolute Gasteiger partial charge is 0.264 e. The maximum Gasteiger partial charge on any atom is 0.264 e. The standard InChI is InChI=1S/C34H36BrN3O4S/c1-34(2,3)36-33(40)31(23-26-13-7-4-8-14-26)37(24-27-15-9-5-10-16-27)32(39)25-38(29-21-19-28(35)20-22-29)43(41,42)30-17-11-6-12-18-30/h4-22,31H,23-25H2,1-3H3,(H,36,40). The van der Waals surface area contributed by atoms with Crippen molar-refractivity contribution < 1.29 is 18.0 Å². The van der Waals surface area contributed by atoms with Gasteiger partial charge in [-0.15, -0.1) is 0 Å². The zero-order chi connectivity index (χ0) is 31.0. The Morgan fingerprint density at radius 3 is 1.81 bits per heavy atom. The molecule has 0 fully saturated rings. The van der Waals surface area contributed by atoms with Crippen molar-refractivity contribution in [2.24, 2.45) is 0 Å². The first-order chi connectivity index (χ1) is 20.4. The van der Waals surface area contributed by atoms with E-state index in [0.717, 1.165) is 19.9 Å². The Kier molecular flexibility index (Phi) is 10.4. The minimum absolute atomic E-state index is 0.0617. The first-order valence-electron chi connectivity index (χ1n) is 14.0. The Bertz CT molecular complexity index is 1610. The number of hydrogen-bond donors (Lipinski definition) is 1. The zero-order valence-corrected chi connectivity index (χ0v) is 26.9. The predicted molar refractivity (Wildman–Crippen MR) is 174 cm³/mol. The van der Waals surface area contributed by atoms with Crippen LogP contribution in [0, 0.1) is 0 Å². The third-order valence-electron chi connectivity index (χ3n) is 6.69. The van der Waals surface area contributed by atoms with Crippen LogP contribution in [0.5, 0.6) is 0 Å². The van der Waals surface area contributed by atoms with E-state index in [2.05, 4.69) is 21.2 Å². The molecule has 4 rings (SSSR count). The molecule has 43 heavy (non-hydrogen) atoms. The van der Waals surface area contributed by atoms with Crippen molar-refractivity contribution >= 4 is 43.5 Å². The van der Waals surface area contributed by atoms with Crippen molar-refractivity contribution in [1.82, 2.24) is 10.2 Å². The van der Waals surface area contributed by atoms with Gasteiger partial charge >= 0.3 is 0 Å². The van der Waals surface area contributed by atoms with Crippen LogP contribution in [0.15, 0.2) is 125 Å². The second-order valence-electron chi connectivity index (χ2n) is 11.3. The average Bonchev–Trinajstić information content (AvgIpc) is 2.98. The van der Waals surface area contributed by atoms with Crippen molar-refractivity contribution in [3.8, 4) is 0 Å². The van der Waals surface area contributed by atoms with E-state index >= 15 is 0 Å². The minimum atomic E-state index is -4.13. The summed E-state index contributed by atoms with van der Waals surface area (Å²) in [6, 6.07) is 32.7. The fraction of sp³-hybridized carbons (Fsp3) is 0.235. The molecule has 224 valence electrons. The third-order valence-corrected chi connectivity index (χ3v) is 9.01. The molecule has 0 bridgehead atoms. The number of hydrogen-bond acceptors (Lipinski definition) is 4. The topological polar surface area (TPSA) is 86.8 Å². The summed E-state index contributed by atoms with van der Waals surface area (Å²) in [6.07, 6.45) is 0.255. The number of rotatable bonds is 11. The third kappa shape index (κ3) is 8.78. The molecule has 0 radical (unpaired) electrons. The molecule has 0 aliphatic heterocycles. The van der Waals surface area contributed by atoms with Gasteiger partial charge in [-0.25, -0.2) is 8.42 Å². The minimum Gasteiger partial charge on any atom is -0.350 e. The van der Waals surface area contributed by atoms with Crippen LogP contribution in [0.1, 0.15) is 31.9 Å². The number of carbonyl (C=O) groups is 2. The molecule has 0 aliphatic rings. The molecule has 0 aliphatic carbocycles. The van der Waals surface area contributed by atoms with Gasteiger partial charge in [-0.3, -0.25) is 13.9 Å². The Labute approximate surface area is 262 Å². The molecule has 7 nitrogen and oxygen atoms in total. The Morgan fingerprint density at radius 1 is 0.767 bits per heavy atom. The van der Waals surface area contributed by atoms with Gasteiger partial charge < -0.3 is 10.2 Å². The summed E-state index contributed by atoms with van der Waals surface area (Å²) in [5, 5.41) is 3.04. The van der Waals surface area contributed by atoms with E-state index < -0.39 is 34.1 Å². The summed E-state index contributed by atoms with van der Waals surface area (Å²) in [7, 11) is -4.13. The molecule has 1 N–H and O–H groups in total. The molecule has 0 heterocycles. The lowest BCUT2D eigenvalue weighted by atomic mass is 10.0. The normalized spacial score (nSPS) is 12.3. The number of nitrogens with one attached hydrogen (secondary N) is 1. The summed E-state index contributed by atoms with van der Waals surface area (Å²) in [5.41, 5.74) is 1.48. The predicted octanol–water partition coefficient (Wildman–Crippen LogP) is 6.20. The number of amides is 2. The van der Waals surface area contributed by atoms with Crippen LogP contribution in [-0.4, -0.2) is 43.3 Å². The number of benzene rings is 4. The van der Waals surface area contributed by atoms with Crippen LogP contribution in [0.2, 0.25) is 0 Å². The van der Waals surface area contributed by atoms with Gasteiger partial charge in [0.1, 0.15) is 12.6 Å². The van der Waals surface area contributed by atoms with Gasteiger partial charge in [0.25, 0.3) is 10.0 Å². The summed E-state index contributed by atoms with van der Waals surface area (Å²) in [4.78, 5) is 29.8. The SMILES string of the molecule is CC(C)(C)NC(=O)C(Cc1ccccc1)N(Cc1ccccc1)C(=O)CN(c1ccc(Br)cc1)S(=O)(=O)c1ccccc1. The molecular weight excluding hydrogens is 626 g/mol. The molecule has 4 aromatic carbocycles. The lowest BCUT2D eigenvalue weighted by Gasteiger charge is -2.35. The van der Waals surface area contributed by atoms with Crippen molar-refractivity contribution in [1.29, 1.82) is 0 Å². The van der Waals surface area contributed by atoms with Gasteiger partial charge in [0.15, 0.2) is 0 Å². The van der Waals surface area contributed by atoms with Gasteiger partial charge in [-0.1, -0.05) is 94.8 Å². The number of anilines is 1. The highest BCUT2D eigenvalue weighted by Gasteiger charge is 2.35. The van der Waals surface area contributed by atoms with Crippen LogP contribution in [0.3, 0.4) is 0 Å². The van der Waals surface area contributed by atoms with Crippen LogP contribution < -0.4 is 9.62 Å². The zero-order valence-electron chi connectivity index (χ0n) is 24.5. The quantitative estimate of drug-likeness (QED) is 0.207. The summed E-state index contributed by atoms with van der Waals surface area (Å²) < 4.78 is 29.8. The molecule has 1 atom stereocenters. The first-order valence-corrected chi connectivity index (χ1v) is 16.2. The van der Waals surface area contributed by atoms with Crippen molar-refractivity contribution in [3.63, 3.8) is 0 Å². The number of nitrogens with zero attached hydrogens (tertiary/aromatic N) is 2. The van der Waals surface area contributed by atoms with Crippen molar-refractivity contribution in [3.05, 3.63) is 131 Å². The van der Waals surface area contributed by atoms with Gasteiger partial charge in [-0.2, -0.15) is 0 Å². The number of halogens is 1. The van der Waals surface area contributed by atoms with Gasteiger partial charge in [-0.05, 0) is 68.3 Å². The fourth-order valence-corrected chi connectivity index (χ4v) is 6.34. The van der Waals surface area contributed by atoms with E-state index in [4.69, 9.17) is 0 Å². The molecular formula is C34H36BrN3O4S. The second kappa shape index (κ2) is 14.0. The van der Waals surface area contributed by atoms with Crippen LogP contribution in [-0.2, 0) is 32.6 Å². The van der Waals surface area contributed by atoms with E-state index in [1.54, 1.807) is 42.5 Å². The monoisotopic (exact) mass is 661 g/mol. The van der Waals surface area contributed by atoms with E-state index in [-0.39, 0.29) is 23.8 Å². The molecule has 4 aromatic rings. The van der Waals surface area contributed by atoms with Crippen LogP contribution in [0.25, 0.3) is 0 Å². The maximum atomic E-state index is 14.4. The van der Waals surface area contributed by atoms with Gasteiger partial charge in [0, 0.05) is 23.0 Å². The van der Waals surface area contributed by atoms with Gasteiger partial charge in [0.2, 0.25) is 11.8 Å². The Hall–Kier alpha value is -3.95.